The lowest BCUT2D eigenvalue weighted by molar-refractivity contribution is -0.135. The highest BCUT2D eigenvalue weighted by Crippen LogP contribution is 2.33. The molecule has 0 N–H and O–H groups in total. The second-order valence-electron chi connectivity index (χ2n) is 6.24. The fourth-order valence-electron chi connectivity index (χ4n) is 3.01. The molecule has 1 aromatic rings. The number of thioether (sulfide) groups is 1. The highest BCUT2D eigenvalue weighted by molar-refractivity contribution is 8.18. The summed E-state index contributed by atoms with van der Waals surface area (Å²) in [5.74, 6) is -0.527. The Labute approximate surface area is 145 Å². The average molecular weight is 347 g/mol. The number of amides is 3. The number of aromatic nitrogens is 1. The van der Waals surface area contributed by atoms with E-state index in [0.29, 0.717) is 18.0 Å². The van der Waals surface area contributed by atoms with Crippen molar-refractivity contribution < 1.29 is 14.4 Å². The van der Waals surface area contributed by atoms with E-state index in [1.807, 2.05) is 31.5 Å². The first-order chi connectivity index (χ1) is 11.4. The highest BCUT2D eigenvalue weighted by atomic mass is 32.2. The van der Waals surface area contributed by atoms with E-state index in [-0.39, 0.29) is 23.6 Å². The van der Waals surface area contributed by atoms with Gasteiger partial charge < -0.3 is 9.47 Å². The standard InChI is InChI=1S/C17H21N3O3S/c1-11-8-13(12(2)18(11)3)9-14-16(22)20(17(23)24-14)10-15(21)19-6-4-5-7-19/h8-9H,4-7,10H2,1-3H3. The Bertz CT molecular complexity index is 745. The van der Waals surface area contributed by atoms with Crippen LogP contribution in [0.3, 0.4) is 0 Å². The summed E-state index contributed by atoms with van der Waals surface area (Å²) in [6.07, 6.45) is 3.72. The fourth-order valence-corrected chi connectivity index (χ4v) is 3.84. The highest BCUT2D eigenvalue weighted by Gasteiger charge is 2.37. The summed E-state index contributed by atoms with van der Waals surface area (Å²) in [5, 5.41) is -0.371. The molecule has 2 aliphatic rings. The Balaban J connectivity index is 1.77. The van der Waals surface area contributed by atoms with Gasteiger partial charge in [0.1, 0.15) is 6.54 Å². The van der Waals surface area contributed by atoms with Crippen LogP contribution in [0, 0.1) is 13.8 Å². The first-order valence-corrected chi connectivity index (χ1v) is 8.86. The van der Waals surface area contributed by atoms with E-state index in [9.17, 15) is 14.4 Å². The number of imide groups is 1. The van der Waals surface area contributed by atoms with Crippen LogP contribution in [0.1, 0.15) is 29.8 Å². The molecule has 7 heteroatoms. The number of aryl methyl sites for hydroxylation is 1. The van der Waals surface area contributed by atoms with Gasteiger partial charge in [-0.15, -0.1) is 0 Å². The molecule has 0 aliphatic carbocycles. The number of carbonyl (C=O) groups excluding carboxylic acids is 3. The van der Waals surface area contributed by atoms with E-state index in [2.05, 4.69) is 0 Å². The normalized spacial score (nSPS) is 19.9. The second kappa shape index (κ2) is 6.47. The molecule has 0 spiro atoms. The maximum absolute atomic E-state index is 12.5. The van der Waals surface area contributed by atoms with Crippen molar-refractivity contribution in [1.82, 2.24) is 14.4 Å². The minimum Gasteiger partial charge on any atom is -0.352 e. The molecule has 3 heterocycles. The quantitative estimate of drug-likeness (QED) is 0.787. The van der Waals surface area contributed by atoms with Crippen molar-refractivity contribution in [3.05, 3.63) is 27.9 Å². The molecular formula is C17H21N3O3S. The van der Waals surface area contributed by atoms with Gasteiger partial charge in [-0.05, 0) is 56.2 Å². The van der Waals surface area contributed by atoms with Crippen molar-refractivity contribution in [2.75, 3.05) is 19.6 Å². The summed E-state index contributed by atoms with van der Waals surface area (Å²) >= 11 is 0.904. The molecule has 1 aromatic heterocycles. The molecule has 24 heavy (non-hydrogen) atoms. The Morgan fingerprint density at radius 3 is 2.50 bits per heavy atom. The van der Waals surface area contributed by atoms with Crippen LogP contribution < -0.4 is 0 Å². The molecule has 2 fully saturated rings. The van der Waals surface area contributed by atoms with Gasteiger partial charge >= 0.3 is 0 Å². The zero-order valence-electron chi connectivity index (χ0n) is 14.2. The van der Waals surface area contributed by atoms with Crippen molar-refractivity contribution in [1.29, 1.82) is 0 Å². The van der Waals surface area contributed by atoms with Crippen molar-refractivity contribution in [3.8, 4) is 0 Å². The van der Waals surface area contributed by atoms with Gasteiger partial charge in [-0.2, -0.15) is 0 Å². The van der Waals surface area contributed by atoms with E-state index in [4.69, 9.17) is 0 Å². The lowest BCUT2D eigenvalue weighted by Crippen LogP contribution is -2.40. The molecule has 0 radical (unpaired) electrons. The summed E-state index contributed by atoms with van der Waals surface area (Å²) in [6.45, 7) is 5.24. The number of carbonyl (C=O) groups is 3. The van der Waals surface area contributed by atoms with Gasteiger partial charge in [-0.3, -0.25) is 19.3 Å². The predicted octanol–water partition coefficient (Wildman–Crippen LogP) is 2.30. The number of rotatable bonds is 3. The molecular weight excluding hydrogens is 326 g/mol. The molecule has 0 saturated carbocycles. The van der Waals surface area contributed by atoms with Gasteiger partial charge in [0.05, 0.1) is 4.91 Å². The van der Waals surface area contributed by atoms with Gasteiger partial charge in [-0.1, -0.05) is 0 Å². The van der Waals surface area contributed by atoms with Crippen LogP contribution in [0.4, 0.5) is 4.79 Å². The molecule has 0 aromatic carbocycles. The van der Waals surface area contributed by atoms with Crippen LogP contribution >= 0.6 is 11.8 Å². The smallest absolute Gasteiger partial charge is 0.294 e. The topological polar surface area (TPSA) is 62.6 Å². The van der Waals surface area contributed by atoms with E-state index in [0.717, 1.165) is 46.5 Å². The first-order valence-electron chi connectivity index (χ1n) is 8.04. The van der Waals surface area contributed by atoms with E-state index >= 15 is 0 Å². The molecule has 128 valence electrons. The number of nitrogens with zero attached hydrogens (tertiary/aromatic N) is 3. The minimum atomic E-state index is -0.376. The van der Waals surface area contributed by atoms with Crippen molar-refractivity contribution >= 4 is 34.9 Å². The van der Waals surface area contributed by atoms with Gasteiger partial charge in [0, 0.05) is 31.5 Å². The largest absolute Gasteiger partial charge is 0.352 e. The summed E-state index contributed by atoms with van der Waals surface area (Å²) in [5.41, 5.74) is 3.04. The molecule has 0 unspecified atom stereocenters. The Kier molecular flexibility index (Phi) is 4.54. The van der Waals surface area contributed by atoms with Crippen molar-refractivity contribution in [3.63, 3.8) is 0 Å². The molecule has 0 bridgehead atoms. The fraction of sp³-hybridized carbons (Fsp3) is 0.471. The summed E-state index contributed by atoms with van der Waals surface area (Å²) in [4.78, 5) is 40.0. The summed E-state index contributed by atoms with van der Waals surface area (Å²) in [7, 11) is 1.96. The third-order valence-electron chi connectivity index (χ3n) is 4.73. The number of hydrogen-bond acceptors (Lipinski definition) is 4. The predicted molar refractivity (Wildman–Crippen MR) is 93.4 cm³/mol. The maximum Gasteiger partial charge on any atom is 0.294 e. The lowest BCUT2D eigenvalue weighted by atomic mass is 10.2. The van der Waals surface area contributed by atoms with Crippen LogP contribution in [0.25, 0.3) is 6.08 Å². The second-order valence-corrected chi connectivity index (χ2v) is 7.23. The SMILES string of the molecule is Cc1cc(C=C2SC(=O)N(CC(=O)N3CCCC3)C2=O)c(C)n1C. The molecule has 3 rings (SSSR count). The van der Waals surface area contributed by atoms with Crippen LogP contribution in [-0.2, 0) is 16.6 Å². The average Bonchev–Trinajstić information content (AvgIpc) is 3.22. The number of likely N-dealkylation sites (tertiary alicyclic amines) is 1. The van der Waals surface area contributed by atoms with Crippen LogP contribution in [-0.4, -0.2) is 51.1 Å². The van der Waals surface area contributed by atoms with Gasteiger partial charge in [0.25, 0.3) is 11.1 Å². The molecule has 2 aliphatic heterocycles. The monoisotopic (exact) mass is 347 g/mol. The van der Waals surface area contributed by atoms with Crippen molar-refractivity contribution in [2.45, 2.75) is 26.7 Å². The summed E-state index contributed by atoms with van der Waals surface area (Å²) < 4.78 is 2.03. The van der Waals surface area contributed by atoms with Gasteiger partial charge in [0.15, 0.2) is 0 Å². The summed E-state index contributed by atoms with van der Waals surface area (Å²) in [6, 6.07) is 1.98. The Morgan fingerprint density at radius 1 is 1.25 bits per heavy atom. The van der Waals surface area contributed by atoms with Gasteiger partial charge in [0.2, 0.25) is 5.91 Å². The Morgan fingerprint density at radius 2 is 1.92 bits per heavy atom. The van der Waals surface area contributed by atoms with Crippen LogP contribution in [0.15, 0.2) is 11.0 Å². The lowest BCUT2D eigenvalue weighted by Gasteiger charge is -2.18. The third kappa shape index (κ3) is 3.00. The van der Waals surface area contributed by atoms with E-state index in [1.54, 1.807) is 11.0 Å². The van der Waals surface area contributed by atoms with E-state index in [1.165, 1.54) is 0 Å². The zero-order chi connectivity index (χ0) is 17.4. The third-order valence-corrected chi connectivity index (χ3v) is 5.63. The van der Waals surface area contributed by atoms with Crippen LogP contribution in [0.5, 0.6) is 0 Å². The zero-order valence-corrected chi connectivity index (χ0v) is 15.0. The minimum absolute atomic E-state index is 0.150. The maximum atomic E-state index is 12.5. The molecule has 6 nitrogen and oxygen atoms in total. The molecule has 3 amide bonds. The van der Waals surface area contributed by atoms with Crippen molar-refractivity contribution in [2.24, 2.45) is 7.05 Å². The Hall–Kier alpha value is -2.02. The van der Waals surface area contributed by atoms with Crippen LogP contribution in [0.2, 0.25) is 0 Å². The number of hydrogen-bond donors (Lipinski definition) is 0. The first kappa shape index (κ1) is 16.8. The van der Waals surface area contributed by atoms with Gasteiger partial charge in [-0.25, -0.2) is 0 Å². The molecule has 2 saturated heterocycles. The van der Waals surface area contributed by atoms with E-state index < -0.39 is 0 Å². The molecule has 0 atom stereocenters.